The molecular weight excluding hydrogens is 240 g/mol. The van der Waals surface area contributed by atoms with Crippen LogP contribution in [0.4, 0.5) is 0 Å². The smallest absolute Gasteiger partial charge is 0.239 e. The first kappa shape index (κ1) is 16.2. The highest BCUT2D eigenvalue weighted by molar-refractivity contribution is 6.19. The average Bonchev–Trinajstić information content (AvgIpc) is 2.33. The molecular formula is C12H23ClN2O2. The Balaban J connectivity index is 4.32. The van der Waals surface area contributed by atoms with Crippen LogP contribution in [0.1, 0.15) is 33.6 Å². The third-order valence-electron chi connectivity index (χ3n) is 2.36. The van der Waals surface area contributed by atoms with Crippen LogP contribution in [0.3, 0.4) is 0 Å². The van der Waals surface area contributed by atoms with E-state index in [1.54, 1.807) is 11.8 Å². The van der Waals surface area contributed by atoms with E-state index in [-0.39, 0.29) is 30.2 Å². The van der Waals surface area contributed by atoms with Gasteiger partial charge in [-0.2, -0.15) is 0 Å². The van der Waals surface area contributed by atoms with Gasteiger partial charge in [-0.1, -0.05) is 20.8 Å². The minimum atomic E-state index is -0.234. The van der Waals surface area contributed by atoms with Gasteiger partial charge in [0.25, 0.3) is 0 Å². The Bertz CT molecular complexity index is 247. The van der Waals surface area contributed by atoms with Gasteiger partial charge >= 0.3 is 0 Å². The highest BCUT2D eigenvalue weighted by atomic mass is 35.5. The largest absolute Gasteiger partial charge is 0.355 e. The van der Waals surface area contributed by atoms with Gasteiger partial charge in [-0.3, -0.25) is 9.59 Å². The minimum absolute atomic E-state index is 0.0477. The van der Waals surface area contributed by atoms with Crippen LogP contribution in [-0.2, 0) is 9.59 Å². The Labute approximate surface area is 109 Å². The van der Waals surface area contributed by atoms with Gasteiger partial charge < -0.3 is 10.2 Å². The zero-order chi connectivity index (χ0) is 13.3. The Morgan fingerprint density at radius 1 is 1.29 bits per heavy atom. The number of amides is 2. The summed E-state index contributed by atoms with van der Waals surface area (Å²) in [6, 6.07) is 0. The Morgan fingerprint density at radius 3 is 2.41 bits per heavy atom. The zero-order valence-electron chi connectivity index (χ0n) is 11.0. The van der Waals surface area contributed by atoms with Gasteiger partial charge in [0, 0.05) is 24.9 Å². The number of nitrogens with one attached hydrogen (secondary N) is 1. The lowest BCUT2D eigenvalue weighted by molar-refractivity contribution is -0.138. The number of halogens is 1. The van der Waals surface area contributed by atoms with E-state index in [4.69, 9.17) is 11.6 Å². The molecule has 0 saturated carbocycles. The number of alkyl halides is 1. The second kappa shape index (κ2) is 9.28. The second-order valence-corrected chi connectivity index (χ2v) is 4.47. The maximum absolute atomic E-state index is 11.9. The summed E-state index contributed by atoms with van der Waals surface area (Å²) in [6.45, 7) is 7.13. The summed E-state index contributed by atoms with van der Waals surface area (Å²) in [5.41, 5.74) is 0. The van der Waals surface area contributed by atoms with E-state index in [1.165, 1.54) is 0 Å². The first-order valence-electron chi connectivity index (χ1n) is 6.18. The van der Waals surface area contributed by atoms with E-state index in [0.29, 0.717) is 13.1 Å². The predicted octanol–water partition coefficient (Wildman–Crippen LogP) is 1.63. The lowest BCUT2D eigenvalue weighted by atomic mass is 10.2. The van der Waals surface area contributed by atoms with Crippen molar-refractivity contribution in [3.63, 3.8) is 0 Å². The van der Waals surface area contributed by atoms with Gasteiger partial charge in [-0.25, -0.2) is 0 Å². The third-order valence-corrected chi connectivity index (χ3v) is 2.83. The third kappa shape index (κ3) is 6.51. The van der Waals surface area contributed by atoms with Crippen LogP contribution in [0, 0.1) is 5.92 Å². The Kier molecular flexibility index (Phi) is 8.86. The molecule has 0 aliphatic carbocycles. The SMILES string of the molecule is CCCNC(=O)CN(CCC)C(=O)C(C)CCl. The van der Waals surface area contributed by atoms with E-state index in [1.807, 2.05) is 13.8 Å². The monoisotopic (exact) mass is 262 g/mol. The molecule has 0 rings (SSSR count). The molecule has 0 aromatic rings. The van der Waals surface area contributed by atoms with Crippen molar-refractivity contribution in [1.82, 2.24) is 10.2 Å². The second-order valence-electron chi connectivity index (χ2n) is 4.17. The molecule has 100 valence electrons. The Hall–Kier alpha value is -0.770. The molecule has 0 spiro atoms. The Morgan fingerprint density at radius 2 is 1.94 bits per heavy atom. The molecule has 1 atom stereocenters. The van der Waals surface area contributed by atoms with Crippen molar-refractivity contribution in [2.75, 3.05) is 25.5 Å². The van der Waals surface area contributed by atoms with Crippen LogP contribution in [0.5, 0.6) is 0 Å². The molecule has 1 unspecified atom stereocenters. The molecule has 0 aliphatic heterocycles. The molecule has 2 amide bonds. The average molecular weight is 263 g/mol. The molecule has 0 aromatic carbocycles. The van der Waals surface area contributed by atoms with Crippen molar-refractivity contribution in [1.29, 1.82) is 0 Å². The first-order valence-corrected chi connectivity index (χ1v) is 6.71. The van der Waals surface area contributed by atoms with Crippen molar-refractivity contribution in [3.05, 3.63) is 0 Å². The minimum Gasteiger partial charge on any atom is -0.355 e. The molecule has 1 N–H and O–H groups in total. The molecule has 17 heavy (non-hydrogen) atoms. The van der Waals surface area contributed by atoms with E-state index < -0.39 is 0 Å². The molecule has 0 radical (unpaired) electrons. The maximum atomic E-state index is 11.9. The van der Waals surface area contributed by atoms with Crippen LogP contribution in [0.15, 0.2) is 0 Å². The molecule has 4 nitrogen and oxygen atoms in total. The normalized spacial score (nSPS) is 12.0. The fourth-order valence-corrected chi connectivity index (χ4v) is 1.54. The summed E-state index contributed by atoms with van der Waals surface area (Å²) >= 11 is 5.66. The summed E-state index contributed by atoms with van der Waals surface area (Å²) in [5.74, 6) is -0.0959. The van der Waals surface area contributed by atoms with Gasteiger partial charge in [-0.15, -0.1) is 11.6 Å². The van der Waals surface area contributed by atoms with Crippen LogP contribution in [0.25, 0.3) is 0 Å². The highest BCUT2D eigenvalue weighted by Crippen LogP contribution is 2.05. The quantitative estimate of drug-likeness (QED) is 0.676. The molecule has 0 saturated heterocycles. The summed E-state index contributed by atoms with van der Waals surface area (Å²) in [6.07, 6.45) is 1.73. The van der Waals surface area contributed by atoms with Crippen LogP contribution in [0.2, 0.25) is 0 Å². The summed E-state index contributed by atoms with van der Waals surface area (Å²) in [4.78, 5) is 25.1. The van der Waals surface area contributed by atoms with Crippen LogP contribution < -0.4 is 5.32 Å². The number of carbonyl (C=O) groups excluding carboxylic acids is 2. The summed E-state index contributed by atoms with van der Waals surface area (Å²) in [7, 11) is 0. The van der Waals surface area contributed by atoms with Gasteiger partial charge in [0.2, 0.25) is 11.8 Å². The predicted molar refractivity (Wildman–Crippen MR) is 70.1 cm³/mol. The van der Waals surface area contributed by atoms with Crippen molar-refractivity contribution in [2.24, 2.45) is 5.92 Å². The molecule has 0 aliphatic rings. The summed E-state index contributed by atoms with van der Waals surface area (Å²) in [5, 5.41) is 2.77. The van der Waals surface area contributed by atoms with Gasteiger partial charge in [0.1, 0.15) is 0 Å². The standard InChI is InChI=1S/C12H23ClN2O2/c1-4-6-14-11(16)9-15(7-5-2)12(17)10(3)8-13/h10H,4-9H2,1-3H3,(H,14,16). The van der Waals surface area contributed by atoms with Crippen LogP contribution in [-0.4, -0.2) is 42.2 Å². The highest BCUT2D eigenvalue weighted by Gasteiger charge is 2.21. The van der Waals surface area contributed by atoms with Crippen LogP contribution >= 0.6 is 11.6 Å². The number of rotatable bonds is 8. The fraction of sp³-hybridized carbons (Fsp3) is 0.833. The number of hydrogen-bond donors (Lipinski definition) is 1. The van der Waals surface area contributed by atoms with E-state index >= 15 is 0 Å². The molecule has 5 heteroatoms. The van der Waals surface area contributed by atoms with Gasteiger partial charge in [0.05, 0.1) is 6.54 Å². The van der Waals surface area contributed by atoms with Crippen molar-refractivity contribution in [3.8, 4) is 0 Å². The topological polar surface area (TPSA) is 49.4 Å². The lowest BCUT2D eigenvalue weighted by Crippen LogP contribution is -2.43. The number of hydrogen-bond acceptors (Lipinski definition) is 2. The number of carbonyl (C=O) groups is 2. The maximum Gasteiger partial charge on any atom is 0.239 e. The molecule has 0 aromatic heterocycles. The number of nitrogens with zero attached hydrogens (tertiary/aromatic N) is 1. The van der Waals surface area contributed by atoms with Gasteiger partial charge in [-0.05, 0) is 12.8 Å². The first-order chi connectivity index (χ1) is 8.06. The van der Waals surface area contributed by atoms with Crippen molar-refractivity contribution >= 4 is 23.4 Å². The van der Waals surface area contributed by atoms with Gasteiger partial charge in [0.15, 0.2) is 0 Å². The fourth-order valence-electron chi connectivity index (χ4n) is 1.41. The van der Waals surface area contributed by atoms with Crippen molar-refractivity contribution < 1.29 is 9.59 Å². The molecule has 0 bridgehead atoms. The lowest BCUT2D eigenvalue weighted by Gasteiger charge is -2.24. The van der Waals surface area contributed by atoms with E-state index in [9.17, 15) is 9.59 Å². The van der Waals surface area contributed by atoms with Crippen molar-refractivity contribution in [2.45, 2.75) is 33.6 Å². The molecule has 0 heterocycles. The zero-order valence-corrected chi connectivity index (χ0v) is 11.7. The molecule has 0 fully saturated rings. The summed E-state index contributed by atoms with van der Waals surface area (Å²) < 4.78 is 0. The van der Waals surface area contributed by atoms with E-state index in [0.717, 1.165) is 12.8 Å². The van der Waals surface area contributed by atoms with E-state index in [2.05, 4.69) is 5.32 Å².